The molecule has 2 fully saturated rings. The molecule has 29 heavy (non-hydrogen) atoms. The number of halogens is 1. The third kappa shape index (κ3) is 8.06. The van der Waals surface area contributed by atoms with E-state index in [2.05, 4.69) is 63.5 Å². The van der Waals surface area contributed by atoms with E-state index in [9.17, 15) is 0 Å². The maximum atomic E-state index is 4.42. The van der Waals surface area contributed by atoms with Crippen molar-refractivity contribution in [2.75, 3.05) is 33.2 Å². The second-order valence-corrected chi connectivity index (χ2v) is 8.63. The predicted molar refractivity (Wildman–Crippen MR) is 134 cm³/mol. The van der Waals surface area contributed by atoms with Gasteiger partial charge in [0, 0.05) is 45.3 Å². The molecule has 0 aliphatic carbocycles. The zero-order chi connectivity index (χ0) is 19.8. The van der Waals surface area contributed by atoms with Crippen molar-refractivity contribution in [2.45, 2.75) is 71.1 Å². The summed E-state index contributed by atoms with van der Waals surface area (Å²) in [6.07, 6.45) is 6.47. The normalized spacial score (nSPS) is 19.8. The van der Waals surface area contributed by atoms with Crippen molar-refractivity contribution in [3.8, 4) is 0 Å². The summed E-state index contributed by atoms with van der Waals surface area (Å²) in [7, 11) is 1.86. The van der Waals surface area contributed by atoms with E-state index in [0.717, 1.165) is 19.0 Å². The van der Waals surface area contributed by atoms with E-state index >= 15 is 0 Å². The first-order chi connectivity index (χ1) is 13.6. The summed E-state index contributed by atoms with van der Waals surface area (Å²) in [6, 6.07) is 10.2. The van der Waals surface area contributed by atoms with Crippen LogP contribution in [0.25, 0.3) is 0 Å². The maximum Gasteiger partial charge on any atom is 0.191 e. The van der Waals surface area contributed by atoms with Crippen molar-refractivity contribution in [3.05, 3.63) is 35.4 Å². The minimum Gasteiger partial charge on any atom is -0.354 e. The van der Waals surface area contributed by atoms with Gasteiger partial charge in [0.25, 0.3) is 0 Å². The van der Waals surface area contributed by atoms with Crippen LogP contribution in [0, 0.1) is 0 Å². The van der Waals surface area contributed by atoms with Crippen LogP contribution in [0.5, 0.6) is 0 Å². The average Bonchev–Trinajstić information content (AvgIpc) is 2.73. The Morgan fingerprint density at radius 2 is 1.62 bits per heavy atom. The van der Waals surface area contributed by atoms with Crippen LogP contribution in [-0.4, -0.2) is 61.1 Å². The molecular formula is C23H40IN5. The number of nitrogens with zero attached hydrogens (tertiary/aromatic N) is 3. The molecule has 0 atom stereocenters. The number of hydrogen-bond acceptors (Lipinski definition) is 3. The van der Waals surface area contributed by atoms with Gasteiger partial charge in [-0.1, -0.05) is 30.7 Å². The molecule has 2 saturated heterocycles. The lowest BCUT2D eigenvalue weighted by Gasteiger charge is -2.35. The molecule has 0 radical (unpaired) electrons. The van der Waals surface area contributed by atoms with Gasteiger partial charge in [-0.05, 0) is 63.7 Å². The van der Waals surface area contributed by atoms with Gasteiger partial charge < -0.3 is 15.5 Å². The molecule has 0 unspecified atom stereocenters. The number of likely N-dealkylation sites (tertiary alicyclic amines) is 2. The first-order valence-electron chi connectivity index (χ1n) is 11.2. The summed E-state index contributed by atoms with van der Waals surface area (Å²) in [6.45, 7) is 11.3. The number of piperidine rings is 2. The lowest BCUT2D eigenvalue weighted by atomic mass is 10.0. The second kappa shape index (κ2) is 12.7. The third-order valence-electron chi connectivity index (χ3n) is 6.16. The van der Waals surface area contributed by atoms with Gasteiger partial charge in [0.2, 0.25) is 0 Å². The van der Waals surface area contributed by atoms with Gasteiger partial charge in [0.15, 0.2) is 5.96 Å². The molecule has 1 aromatic rings. The number of hydrogen-bond donors (Lipinski definition) is 2. The van der Waals surface area contributed by atoms with E-state index in [4.69, 9.17) is 0 Å². The second-order valence-electron chi connectivity index (χ2n) is 8.63. The minimum absolute atomic E-state index is 0. The summed E-state index contributed by atoms with van der Waals surface area (Å²) in [5.41, 5.74) is 2.73. The highest BCUT2D eigenvalue weighted by Crippen LogP contribution is 2.14. The van der Waals surface area contributed by atoms with Gasteiger partial charge in [-0.15, -0.1) is 24.0 Å². The van der Waals surface area contributed by atoms with Gasteiger partial charge >= 0.3 is 0 Å². The number of aliphatic imine (C=N–C) groups is 1. The molecular weight excluding hydrogens is 473 g/mol. The lowest BCUT2D eigenvalue weighted by Crippen LogP contribution is -2.49. The largest absolute Gasteiger partial charge is 0.354 e. The van der Waals surface area contributed by atoms with Crippen LogP contribution >= 0.6 is 24.0 Å². The first kappa shape index (κ1) is 24.4. The Bertz CT molecular complexity index is 602. The molecule has 3 rings (SSSR count). The fraction of sp³-hybridized carbons (Fsp3) is 0.696. The molecule has 2 aliphatic heterocycles. The van der Waals surface area contributed by atoms with Gasteiger partial charge in [0.1, 0.15) is 0 Å². The van der Waals surface area contributed by atoms with Gasteiger partial charge in [-0.25, -0.2) is 0 Å². The topological polar surface area (TPSA) is 42.9 Å². The SMILES string of the molecule is CN=C(NCc1ccc(CN2CCCCC2)cc1)NC1CCN(C(C)C)CC1.I. The van der Waals surface area contributed by atoms with Crippen molar-refractivity contribution in [3.63, 3.8) is 0 Å². The Labute approximate surface area is 194 Å². The summed E-state index contributed by atoms with van der Waals surface area (Å²) in [4.78, 5) is 9.55. The van der Waals surface area contributed by atoms with Crippen LogP contribution < -0.4 is 10.6 Å². The number of benzene rings is 1. The zero-order valence-electron chi connectivity index (χ0n) is 18.5. The fourth-order valence-corrected chi connectivity index (χ4v) is 4.27. The predicted octanol–water partition coefficient (Wildman–Crippen LogP) is 3.83. The van der Waals surface area contributed by atoms with E-state index in [1.807, 2.05) is 7.05 Å². The molecule has 0 amide bonds. The standard InChI is InChI=1S/C23H39N5.HI/c1-19(2)28-15-11-22(12-16-28)26-23(24-3)25-17-20-7-9-21(10-8-20)18-27-13-5-4-6-14-27;/h7-10,19,22H,4-6,11-18H2,1-3H3,(H2,24,25,26);1H. The lowest BCUT2D eigenvalue weighted by molar-refractivity contribution is 0.167. The minimum atomic E-state index is 0. The van der Waals surface area contributed by atoms with E-state index in [1.54, 1.807) is 0 Å². The summed E-state index contributed by atoms with van der Waals surface area (Å²) in [5, 5.41) is 7.09. The van der Waals surface area contributed by atoms with Crippen LogP contribution in [0.2, 0.25) is 0 Å². The molecule has 0 bridgehead atoms. The molecule has 2 N–H and O–H groups in total. The third-order valence-corrected chi connectivity index (χ3v) is 6.16. The highest BCUT2D eigenvalue weighted by atomic mass is 127. The molecule has 0 spiro atoms. The van der Waals surface area contributed by atoms with Crippen LogP contribution in [0.3, 0.4) is 0 Å². The van der Waals surface area contributed by atoms with Crippen LogP contribution in [0.4, 0.5) is 0 Å². The van der Waals surface area contributed by atoms with Crippen molar-refractivity contribution in [2.24, 2.45) is 4.99 Å². The number of rotatable bonds is 6. The van der Waals surface area contributed by atoms with Crippen LogP contribution in [0.15, 0.2) is 29.3 Å². The van der Waals surface area contributed by atoms with Gasteiger partial charge in [-0.3, -0.25) is 9.89 Å². The Morgan fingerprint density at radius 1 is 1.00 bits per heavy atom. The summed E-state index contributed by atoms with van der Waals surface area (Å²) < 4.78 is 0. The Kier molecular flexibility index (Phi) is 10.7. The van der Waals surface area contributed by atoms with Crippen molar-refractivity contribution < 1.29 is 0 Å². The van der Waals surface area contributed by atoms with Crippen molar-refractivity contribution >= 4 is 29.9 Å². The first-order valence-corrected chi connectivity index (χ1v) is 11.2. The summed E-state index contributed by atoms with van der Waals surface area (Å²) in [5.74, 6) is 0.917. The number of nitrogens with one attached hydrogen (secondary N) is 2. The zero-order valence-corrected chi connectivity index (χ0v) is 20.8. The van der Waals surface area contributed by atoms with Gasteiger partial charge in [0.05, 0.1) is 0 Å². The van der Waals surface area contributed by atoms with E-state index in [-0.39, 0.29) is 24.0 Å². The smallest absolute Gasteiger partial charge is 0.191 e. The molecule has 0 saturated carbocycles. The monoisotopic (exact) mass is 513 g/mol. The van der Waals surface area contributed by atoms with E-state index in [0.29, 0.717) is 12.1 Å². The molecule has 0 aromatic heterocycles. The maximum absolute atomic E-state index is 4.42. The number of guanidine groups is 1. The molecule has 6 heteroatoms. The highest BCUT2D eigenvalue weighted by molar-refractivity contribution is 14.0. The van der Waals surface area contributed by atoms with Crippen molar-refractivity contribution in [1.29, 1.82) is 0 Å². The van der Waals surface area contributed by atoms with E-state index < -0.39 is 0 Å². The molecule has 2 aliphatic rings. The highest BCUT2D eigenvalue weighted by Gasteiger charge is 2.21. The molecule has 1 aromatic carbocycles. The molecule has 5 nitrogen and oxygen atoms in total. The Morgan fingerprint density at radius 3 is 2.21 bits per heavy atom. The molecule has 2 heterocycles. The molecule has 164 valence electrons. The van der Waals surface area contributed by atoms with E-state index in [1.165, 1.54) is 69.4 Å². The van der Waals surface area contributed by atoms with Crippen LogP contribution in [-0.2, 0) is 13.1 Å². The fourth-order valence-electron chi connectivity index (χ4n) is 4.27. The summed E-state index contributed by atoms with van der Waals surface area (Å²) >= 11 is 0. The van der Waals surface area contributed by atoms with Crippen molar-refractivity contribution in [1.82, 2.24) is 20.4 Å². The Balaban J connectivity index is 0.00000300. The average molecular weight is 514 g/mol. The van der Waals surface area contributed by atoms with Crippen LogP contribution in [0.1, 0.15) is 57.1 Å². The Hall–Kier alpha value is -0.860. The quantitative estimate of drug-likeness (QED) is 0.345. The van der Waals surface area contributed by atoms with Gasteiger partial charge in [-0.2, -0.15) is 0 Å².